The lowest BCUT2D eigenvalue weighted by atomic mass is 9.88. The molecule has 0 spiro atoms. The van der Waals surface area contributed by atoms with Crippen molar-refractivity contribution in [1.82, 2.24) is 15.1 Å². The average molecular weight is 341 g/mol. The van der Waals surface area contributed by atoms with Crippen molar-refractivity contribution >= 4 is 5.91 Å². The summed E-state index contributed by atoms with van der Waals surface area (Å²) in [7, 11) is 1.92. The number of nitrogens with one attached hydrogen (secondary N) is 1. The molecule has 25 heavy (non-hydrogen) atoms. The van der Waals surface area contributed by atoms with Gasteiger partial charge in [0.05, 0.1) is 5.69 Å². The predicted molar refractivity (Wildman–Crippen MR) is 103 cm³/mol. The van der Waals surface area contributed by atoms with Crippen LogP contribution in [0.3, 0.4) is 0 Å². The Labute approximate surface area is 151 Å². The maximum Gasteiger partial charge on any atom is 0.227 e. The number of amides is 1. The van der Waals surface area contributed by atoms with Crippen molar-refractivity contribution in [1.29, 1.82) is 0 Å². The van der Waals surface area contributed by atoms with Crippen molar-refractivity contribution in [2.75, 3.05) is 13.6 Å². The summed E-state index contributed by atoms with van der Waals surface area (Å²) in [5.74, 6) is 0.246. The van der Waals surface area contributed by atoms with Gasteiger partial charge in [0.15, 0.2) is 0 Å². The minimum absolute atomic E-state index is 0.246. The number of aromatic nitrogens is 2. The summed E-state index contributed by atoms with van der Waals surface area (Å²) in [6.07, 6.45) is 5.14. The fraction of sp³-hybridized carbons (Fsp3) is 0.524. The van der Waals surface area contributed by atoms with Gasteiger partial charge in [0.1, 0.15) is 0 Å². The van der Waals surface area contributed by atoms with Crippen LogP contribution in [-0.2, 0) is 11.2 Å². The van der Waals surface area contributed by atoms with Crippen LogP contribution in [0, 0.1) is 5.41 Å². The number of rotatable bonds is 9. The Balaban J connectivity index is 1.70. The monoisotopic (exact) mass is 341 g/mol. The van der Waals surface area contributed by atoms with Crippen molar-refractivity contribution < 1.29 is 4.79 Å². The van der Waals surface area contributed by atoms with Gasteiger partial charge >= 0.3 is 0 Å². The van der Waals surface area contributed by atoms with Gasteiger partial charge in [-0.3, -0.25) is 9.89 Å². The summed E-state index contributed by atoms with van der Waals surface area (Å²) in [4.78, 5) is 14.2. The molecule has 0 aliphatic heterocycles. The van der Waals surface area contributed by atoms with Crippen molar-refractivity contribution in [3.63, 3.8) is 0 Å². The molecule has 4 heteroatoms. The third kappa shape index (κ3) is 5.45. The highest BCUT2D eigenvalue weighted by atomic mass is 16.2. The molecule has 1 N–H and O–H groups in total. The molecule has 0 fully saturated rings. The van der Waals surface area contributed by atoms with Crippen LogP contribution in [0.1, 0.15) is 52.1 Å². The summed E-state index contributed by atoms with van der Waals surface area (Å²) in [6.45, 7) is 6.95. The highest BCUT2D eigenvalue weighted by molar-refractivity contribution is 5.81. The summed E-state index contributed by atoms with van der Waals surface area (Å²) in [6, 6.07) is 12.4. The lowest BCUT2D eigenvalue weighted by Gasteiger charge is -2.28. The molecule has 1 heterocycles. The quantitative estimate of drug-likeness (QED) is 0.673. The molecule has 0 saturated carbocycles. The zero-order valence-electron chi connectivity index (χ0n) is 16.0. The number of benzene rings is 1. The van der Waals surface area contributed by atoms with E-state index in [2.05, 4.69) is 35.3 Å². The second-order valence-corrected chi connectivity index (χ2v) is 7.42. The number of unbranched alkanes of at least 4 members (excludes halogenated alkanes) is 2. The van der Waals surface area contributed by atoms with Gasteiger partial charge in [-0.05, 0) is 31.7 Å². The molecule has 2 rings (SSSR count). The van der Waals surface area contributed by atoms with Crippen LogP contribution >= 0.6 is 0 Å². The van der Waals surface area contributed by atoms with Gasteiger partial charge in [-0.2, -0.15) is 5.10 Å². The zero-order chi connectivity index (χ0) is 18.3. The smallest absolute Gasteiger partial charge is 0.227 e. The minimum Gasteiger partial charge on any atom is -0.345 e. The van der Waals surface area contributed by atoms with E-state index in [1.807, 2.05) is 44.0 Å². The van der Waals surface area contributed by atoms with E-state index < -0.39 is 0 Å². The van der Waals surface area contributed by atoms with Crippen LogP contribution in [-0.4, -0.2) is 34.6 Å². The number of carbonyl (C=O) groups is 1. The molecular formula is C21H31N3O. The van der Waals surface area contributed by atoms with E-state index in [1.165, 1.54) is 5.69 Å². The van der Waals surface area contributed by atoms with Crippen LogP contribution in [0.4, 0.5) is 0 Å². The second kappa shape index (κ2) is 8.84. The molecule has 136 valence electrons. The highest BCUT2D eigenvalue weighted by Crippen LogP contribution is 2.22. The summed E-state index contributed by atoms with van der Waals surface area (Å²) >= 11 is 0. The van der Waals surface area contributed by atoms with Crippen LogP contribution in [0.2, 0.25) is 0 Å². The SMILES string of the molecule is CCC(C)(C)C(=O)N(C)CCCCCc1cc(-c2ccccc2)n[nH]1. The third-order valence-corrected chi connectivity index (χ3v) is 4.95. The number of aromatic amines is 1. The number of aryl methyl sites for hydroxylation is 1. The first kappa shape index (κ1) is 19.2. The Bertz CT molecular complexity index is 661. The number of hydrogen-bond acceptors (Lipinski definition) is 2. The van der Waals surface area contributed by atoms with Gasteiger partial charge in [0, 0.05) is 30.3 Å². The highest BCUT2D eigenvalue weighted by Gasteiger charge is 2.27. The van der Waals surface area contributed by atoms with Gasteiger partial charge in [0.25, 0.3) is 0 Å². The zero-order valence-corrected chi connectivity index (χ0v) is 16.0. The van der Waals surface area contributed by atoms with Crippen molar-refractivity contribution in [2.45, 2.75) is 52.9 Å². The lowest BCUT2D eigenvalue weighted by Crippen LogP contribution is -2.38. The van der Waals surface area contributed by atoms with Crippen LogP contribution in [0.15, 0.2) is 36.4 Å². The molecule has 0 saturated heterocycles. The number of H-pyrrole nitrogens is 1. The molecule has 2 aromatic rings. The molecular weight excluding hydrogens is 310 g/mol. The van der Waals surface area contributed by atoms with Crippen molar-refractivity contribution in [2.24, 2.45) is 5.41 Å². The van der Waals surface area contributed by atoms with Gasteiger partial charge in [-0.15, -0.1) is 0 Å². The Morgan fingerprint density at radius 1 is 1.16 bits per heavy atom. The van der Waals surface area contributed by atoms with Gasteiger partial charge in [-0.25, -0.2) is 0 Å². The molecule has 0 aliphatic carbocycles. The molecule has 0 atom stereocenters. The molecule has 1 amide bonds. The first-order valence-electron chi connectivity index (χ1n) is 9.29. The number of carbonyl (C=O) groups excluding carboxylic acids is 1. The number of hydrogen-bond donors (Lipinski definition) is 1. The van der Waals surface area contributed by atoms with E-state index in [1.54, 1.807) is 0 Å². The van der Waals surface area contributed by atoms with E-state index in [9.17, 15) is 4.79 Å². The summed E-state index contributed by atoms with van der Waals surface area (Å²) < 4.78 is 0. The van der Waals surface area contributed by atoms with E-state index in [4.69, 9.17) is 0 Å². The Hall–Kier alpha value is -2.10. The fourth-order valence-corrected chi connectivity index (χ4v) is 2.86. The Morgan fingerprint density at radius 3 is 2.56 bits per heavy atom. The first-order valence-corrected chi connectivity index (χ1v) is 9.29. The van der Waals surface area contributed by atoms with Crippen LogP contribution in [0.25, 0.3) is 11.3 Å². The van der Waals surface area contributed by atoms with Gasteiger partial charge in [-0.1, -0.05) is 57.5 Å². The first-order chi connectivity index (χ1) is 11.9. The maximum atomic E-state index is 12.3. The topological polar surface area (TPSA) is 49.0 Å². The van der Waals surface area contributed by atoms with E-state index in [0.29, 0.717) is 0 Å². The average Bonchev–Trinajstić information content (AvgIpc) is 3.10. The molecule has 0 unspecified atom stereocenters. The molecule has 0 bridgehead atoms. The summed E-state index contributed by atoms with van der Waals surface area (Å²) in [5, 5.41) is 7.53. The third-order valence-electron chi connectivity index (χ3n) is 4.95. The lowest BCUT2D eigenvalue weighted by molar-refractivity contribution is -0.139. The molecule has 1 aromatic heterocycles. The Kier molecular flexibility index (Phi) is 6.80. The summed E-state index contributed by atoms with van der Waals surface area (Å²) in [5.41, 5.74) is 3.07. The molecule has 4 nitrogen and oxygen atoms in total. The van der Waals surface area contributed by atoms with Gasteiger partial charge in [0.2, 0.25) is 5.91 Å². The van der Waals surface area contributed by atoms with Crippen LogP contribution < -0.4 is 0 Å². The molecule has 1 aromatic carbocycles. The minimum atomic E-state index is -0.251. The maximum absolute atomic E-state index is 12.3. The van der Waals surface area contributed by atoms with Gasteiger partial charge < -0.3 is 4.90 Å². The normalized spacial score (nSPS) is 11.5. The van der Waals surface area contributed by atoms with E-state index in [0.717, 1.165) is 49.9 Å². The predicted octanol–water partition coefficient (Wildman–Crippen LogP) is 4.68. The van der Waals surface area contributed by atoms with Crippen molar-refractivity contribution in [3.05, 3.63) is 42.1 Å². The Morgan fingerprint density at radius 2 is 1.88 bits per heavy atom. The largest absolute Gasteiger partial charge is 0.345 e. The standard InChI is InChI=1S/C21H31N3O/c1-5-21(2,3)20(25)24(4)15-11-7-10-14-18-16-19(23-22-18)17-12-8-6-9-13-17/h6,8-9,12-13,16H,5,7,10-11,14-15H2,1-4H3,(H,22,23). The van der Waals surface area contributed by atoms with Crippen molar-refractivity contribution in [3.8, 4) is 11.3 Å². The second-order valence-electron chi connectivity index (χ2n) is 7.42. The van der Waals surface area contributed by atoms with E-state index in [-0.39, 0.29) is 11.3 Å². The van der Waals surface area contributed by atoms with E-state index >= 15 is 0 Å². The molecule has 0 aliphatic rings. The number of nitrogens with zero attached hydrogens (tertiary/aromatic N) is 2. The van der Waals surface area contributed by atoms with Crippen LogP contribution in [0.5, 0.6) is 0 Å². The fourth-order valence-electron chi connectivity index (χ4n) is 2.86. The molecule has 0 radical (unpaired) electrons.